The van der Waals surface area contributed by atoms with Crippen LogP contribution in [0, 0.1) is 0 Å². The summed E-state index contributed by atoms with van der Waals surface area (Å²) in [5.74, 6) is 1.32. The average Bonchev–Trinajstić information content (AvgIpc) is 3.17. The van der Waals surface area contributed by atoms with Gasteiger partial charge in [0.05, 0.1) is 7.11 Å². The smallest absolute Gasteiger partial charge is 0.303 e. The van der Waals surface area contributed by atoms with Gasteiger partial charge in [-0.1, -0.05) is 19.1 Å². The maximum atomic E-state index is 10.2. The summed E-state index contributed by atoms with van der Waals surface area (Å²) in [6.45, 7) is 5.86. The molecule has 0 atom stereocenters. The van der Waals surface area contributed by atoms with Gasteiger partial charge in [0.25, 0.3) is 0 Å². The Morgan fingerprint density at radius 3 is 2.48 bits per heavy atom. The molecule has 0 saturated carbocycles. The van der Waals surface area contributed by atoms with E-state index in [1.165, 1.54) is 30.9 Å². The van der Waals surface area contributed by atoms with Gasteiger partial charge in [0.2, 0.25) is 6.79 Å². The Balaban J connectivity index is 0.000000231. The predicted molar refractivity (Wildman–Crippen MR) is 109 cm³/mol. The Bertz CT molecular complexity index is 815. The number of ether oxygens (including phenoxy) is 3. The van der Waals surface area contributed by atoms with Crippen LogP contribution in [0.5, 0.6) is 23.0 Å². The van der Waals surface area contributed by atoms with Gasteiger partial charge >= 0.3 is 5.97 Å². The summed E-state index contributed by atoms with van der Waals surface area (Å²) in [6, 6.07) is 10.4. The van der Waals surface area contributed by atoms with E-state index in [1.807, 2.05) is 31.2 Å². The summed E-state index contributed by atoms with van der Waals surface area (Å²) in [5.41, 5.74) is 1.69. The van der Waals surface area contributed by atoms with E-state index < -0.39 is 5.97 Å². The number of carboxylic acids is 1. The fourth-order valence-electron chi connectivity index (χ4n) is 2.22. The van der Waals surface area contributed by atoms with Gasteiger partial charge in [-0.2, -0.15) is 0 Å². The van der Waals surface area contributed by atoms with Crippen LogP contribution in [0.25, 0.3) is 0 Å². The van der Waals surface area contributed by atoms with E-state index in [9.17, 15) is 9.59 Å². The number of benzene rings is 2. The number of rotatable bonds is 6. The molecule has 0 unspecified atom stereocenters. The van der Waals surface area contributed by atoms with E-state index in [0.717, 1.165) is 24.3 Å². The number of phenols is 1. The lowest BCUT2D eigenvalue weighted by atomic mass is 10.1. The summed E-state index contributed by atoms with van der Waals surface area (Å²) in [7, 11) is 1.43. The van der Waals surface area contributed by atoms with Crippen molar-refractivity contribution in [2.75, 3.05) is 13.9 Å². The number of hydrogen-bond donors (Lipinski definition) is 2. The van der Waals surface area contributed by atoms with Crippen molar-refractivity contribution in [3.63, 3.8) is 0 Å². The maximum absolute atomic E-state index is 10.2. The number of allylic oxidation sites excluding steroid dienone is 1. The molecule has 0 aromatic heterocycles. The second-order valence-corrected chi connectivity index (χ2v) is 5.87. The van der Waals surface area contributed by atoms with E-state index >= 15 is 0 Å². The SMILES string of the molecule is C=CCc1ccc2c(c1)OCO2.CCCC(=O)O.COc1cc(C=O)ccc1O. The van der Waals surface area contributed by atoms with Crippen LogP contribution in [0.1, 0.15) is 35.7 Å². The molecule has 0 spiro atoms. The fourth-order valence-corrected chi connectivity index (χ4v) is 2.22. The van der Waals surface area contributed by atoms with Crippen LogP contribution >= 0.6 is 0 Å². The van der Waals surface area contributed by atoms with Crippen LogP contribution in [-0.2, 0) is 11.2 Å². The highest BCUT2D eigenvalue weighted by Crippen LogP contribution is 2.32. The zero-order chi connectivity index (χ0) is 21.6. The van der Waals surface area contributed by atoms with Crippen LogP contribution in [0.4, 0.5) is 0 Å². The van der Waals surface area contributed by atoms with Crippen molar-refractivity contribution in [2.45, 2.75) is 26.2 Å². The second-order valence-electron chi connectivity index (χ2n) is 5.87. The average molecular weight is 402 g/mol. The summed E-state index contributed by atoms with van der Waals surface area (Å²) in [5, 5.41) is 17.0. The van der Waals surface area contributed by atoms with Crippen molar-refractivity contribution in [3.05, 3.63) is 60.2 Å². The molecule has 2 N–H and O–H groups in total. The zero-order valence-electron chi connectivity index (χ0n) is 16.6. The third-order valence-corrected chi connectivity index (χ3v) is 3.62. The topological polar surface area (TPSA) is 102 Å². The molecule has 0 bridgehead atoms. The summed E-state index contributed by atoms with van der Waals surface area (Å²) >= 11 is 0. The zero-order valence-corrected chi connectivity index (χ0v) is 16.6. The molecule has 2 aromatic rings. The quantitative estimate of drug-likeness (QED) is 0.551. The van der Waals surface area contributed by atoms with Gasteiger partial charge in [-0.05, 0) is 48.7 Å². The number of hydrogen-bond acceptors (Lipinski definition) is 6. The van der Waals surface area contributed by atoms with Crippen LogP contribution in [0.3, 0.4) is 0 Å². The van der Waals surface area contributed by atoms with Crippen molar-refractivity contribution in [2.24, 2.45) is 0 Å². The number of phenolic OH excluding ortho intramolecular Hbond substituents is 1. The van der Waals surface area contributed by atoms with Crippen molar-refractivity contribution in [1.82, 2.24) is 0 Å². The number of carboxylic acid groups (broad SMARTS) is 1. The lowest BCUT2D eigenvalue weighted by Crippen LogP contribution is -1.92. The highest BCUT2D eigenvalue weighted by Gasteiger charge is 2.12. The normalized spacial score (nSPS) is 10.6. The van der Waals surface area contributed by atoms with Crippen LogP contribution < -0.4 is 14.2 Å². The highest BCUT2D eigenvalue weighted by atomic mass is 16.7. The van der Waals surface area contributed by atoms with Gasteiger partial charge in [0.15, 0.2) is 23.0 Å². The molecule has 0 radical (unpaired) electrons. The summed E-state index contributed by atoms with van der Waals surface area (Å²) < 4.78 is 15.2. The Morgan fingerprint density at radius 1 is 1.21 bits per heavy atom. The standard InChI is InChI=1S/C10H10O2.C8H8O3.C4H8O2/c1-2-3-8-4-5-9-10(6-8)12-7-11-9;1-11-8-4-6(5-9)2-3-7(8)10;1-2-3-4(5)6/h2,4-6H,1,3,7H2;2-5,10H,1H3;2-3H2,1H3,(H,5,6). The number of aromatic hydroxyl groups is 1. The monoisotopic (exact) mass is 402 g/mol. The summed E-state index contributed by atoms with van der Waals surface area (Å²) in [6.07, 6.45) is 4.46. The molecule has 1 aliphatic heterocycles. The molecule has 1 aliphatic rings. The van der Waals surface area contributed by atoms with Gasteiger partial charge in [-0.15, -0.1) is 6.58 Å². The van der Waals surface area contributed by atoms with Crippen molar-refractivity contribution >= 4 is 12.3 Å². The first-order valence-electron chi connectivity index (χ1n) is 8.98. The van der Waals surface area contributed by atoms with Gasteiger partial charge in [-0.3, -0.25) is 9.59 Å². The first-order chi connectivity index (χ1) is 13.9. The molecule has 29 heavy (non-hydrogen) atoms. The molecule has 2 aromatic carbocycles. The van der Waals surface area contributed by atoms with Crippen LogP contribution in [-0.4, -0.2) is 36.4 Å². The van der Waals surface area contributed by atoms with Crippen molar-refractivity contribution < 1.29 is 34.0 Å². The molecular formula is C22H26O7. The Kier molecular flexibility index (Phi) is 10.4. The Labute approximate surface area is 170 Å². The number of aldehydes is 1. The molecule has 3 rings (SSSR count). The molecule has 0 saturated heterocycles. The predicted octanol–water partition coefficient (Wildman–Crippen LogP) is 4.23. The molecule has 7 nitrogen and oxygen atoms in total. The van der Waals surface area contributed by atoms with Gasteiger partial charge in [0, 0.05) is 12.0 Å². The van der Waals surface area contributed by atoms with E-state index in [1.54, 1.807) is 0 Å². The third-order valence-electron chi connectivity index (χ3n) is 3.62. The molecule has 0 fully saturated rings. The van der Waals surface area contributed by atoms with Crippen molar-refractivity contribution in [1.29, 1.82) is 0 Å². The number of fused-ring (bicyclic) bond motifs is 1. The maximum Gasteiger partial charge on any atom is 0.303 e. The van der Waals surface area contributed by atoms with Crippen molar-refractivity contribution in [3.8, 4) is 23.0 Å². The first-order valence-corrected chi connectivity index (χ1v) is 8.98. The molecule has 0 amide bonds. The highest BCUT2D eigenvalue weighted by molar-refractivity contribution is 5.76. The largest absolute Gasteiger partial charge is 0.504 e. The fraction of sp³-hybridized carbons (Fsp3) is 0.273. The van der Waals surface area contributed by atoms with E-state index in [4.69, 9.17) is 24.4 Å². The molecule has 7 heteroatoms. The van der Waals surface area contributed by atoms with Gasteiger partial charge in [-0.25, -0.2) is 0 Å². The van der Waals surface area contributed by atoms with E-state index in [2.05, 4.69) is 6.58 Å². The van der Waals surface area contributed by atoms with Crippen LogP contribution in [0.2, 0.25) is 0 Å². The minimum absolute atomic E-state index is 0.0399. The minimum Gasteiger partial charge on any atom is -0.504 e. The van der Waals surface area contributed by atoms with E-state index in [-0.39, 0.29) is 5.75 Å². The second kappa shape index (κ2) is 12.8. The molecule has 156 valence electrons. The number of methoxy groups -OCH3 is 1. The summed E-state index contributed by atoms with van der Waals surface area (Å²) in [4.78, 5) is 19.8. The lowest BCUT2D eigenvalue weighted by Gasteiger charge is -2.01. The Morgan fingerprint density at radius 2 is 1.93 bits per heavy atom. The van der Waals surface area contributed by atoms with Gasteiger partial charge < -0.3 is 24.4 Å². The van der Waals surface area contributed by atoms with E-state index in [0.29, 0.717) is 30.8 Å². The van der Waals surface area contributed by atoms with Crippen LogP contribution in [0.15, 0.2) is 49.1 Å². The molecule has 0 aliphatic carbocycles. The number of carbonyl (C=O) groups is 2. The third kappa shape index (κ3) is 8.38. The first kappa shape index (κ1) is 23.6. The Hall–Kier alpha value is -3.48. The van der Waals surface area contributed by atoms with Gasteiger partial charge in [0.1, 0.15) is 6.29 Å². The number of aliphatic carboxylic acids is 1. The minimum atomic E-state index is -0.711. The molecular weight excluding hydrogens is 376 g/mol. The molecule has 1 heterocycles. The number of carbonyl (C=O) groups excluding carboxylic acids is 1. The lowest BCUT2D eigenvalue weighted by molar-refractivity contribution is -0.137.